The standard InChI is InChI=1S/C24H30N2O3/c1-16(25-14-17-4-11-22-19(12-17)13-24(2,3)29-22)18-5-9-21(10-6-18)28-15-23(27)26-20-7-8-20/h4-6,9-12,16,20,25H,7-8,13-15H2,1-3H3,(H,26,27). The van der Waals surface area contributed by atoms with Crippen molar-refractivity contribution in [3.8, 4) is 11.5 Å². The monoisotopic (exact) mass is 394 g/mol. The van der Waals surface area contributed by atoms with Gasteiger partial charge in [-0.15, -0.1) is 0 Å². The number of hydrogen-bond acceptors (Lipinski definition) is 4. The van der Waals surface area contributed by atoms with E-state index in [-0.39, 0.29) is 24.2 Å². The molecule has 154 valence electrons. The van der Waals surface area contributed by atoms with Gasteiger partial charge >= 0.3 is 0 Å². The summed E-state index contributed by atoms with van der Waals surface area (Å²) in [7, 11) is 0. The SMILES string of the molecule is CC(NCc1ccc2c(c1)CC(C)(C)O2)c1ccc(OCC(=O)NC2CC2)cc1. The average molecular weight is 395 g/mol. The molecular formula is C24H30N2O3. The van der Waals surface area contributed by atoms with Crippen molar-refractivity contribution in [1.82, 2.24) is 10.6 Å². The van der Waals surface area contributed by atoms with E-state index in [9.17, 15) is 4.79 Å². The summed E-state index contributed by atoms with van der Waals surface area (Å²) >= 11 is 0. The van der Waals surface area contributed by atoms with Crippen LogP contribution in [0.3, 0.4) is 0 Å². The van der Waals surface area contributed by atoms with Crippen molar-refractivity contribution in [2.45, 2.75) is 64.3 Å². The third-order valence-corrected chi connectivity index (χ3v) is 5.43. The zero-order valence-corrected chi connectivity index (χ0v) is 17.5. The molecule has 1 aliphatic carbocycles. The Labute approximate surface area is 172 Å². The molecule has 5 nitrogen and oxygen atoms in total. The quantitative estimate of drug-likeness (QED) is 0.713. The minimum Gasteiger partial charge on any atom is -0.487 e. The minimum absolute atomic E-state index is 0.0465. The van der Waals surface area contributed by atoms with Crippen LogP contribution in [0, 0.1) is 0 Å². The van der Waals surface area contributed by atoms with Crippen molar-refractivity contribution in [2.24, 2.45) is 0 Å². The van der Waals surface area contributed by atoms with Gasteiger partial charge in [-0.3, -0.25) is 4.79 Å². The van der Waals surface area contributed by atoms with Crippen LogP contribution in [0.4, 0.5) is 0 Å². The Bertz CT molecular complexity index is 872. The molecule has 0 bridgehead atoms. The van der Waals surface area contributed by atoms with E-state index in [4.69, 9.17) is 9.47 Å². The van der Waals surface area contributed by atoms with Crippen molar-refractivity contribution in [1.29, 1.82) is 0 Å². The van der Waals surface area contributed by atoms with Gasteiger partial charge in [-0.2, -0.15) is 0 Å². The molecule has 1 amide bonds. The zero-order chi connectivity index (χ0) is 20.4. The molecular weight excluding hydrogens is 364 g/mol. The van der Waals surface area contributed by atoms with Gasteiger partial charge in [0.05, 0.1) is 0 Å². The average Bonchev–Trinajstić information content (AvgIpc) is 3.44. The Morgan fingerprint density at radius 1 is 1.21 bits per heavy atom. The van der Waals surface area contributed by atoms with Crippen molar-refractivity contribution < 1.29 is 14.3 Å². The topological polar surface area (TPSA) is 59.6 Å². The number of nitrogens with one attached hydrogen (secondary N) is 2. The molecule has 0 radical (unpaired) electrons. The van der Waals surface area contributed by atoms with Gasteiger partial charge in [0, 0.05) is 25.0 Å². The Morgan fingerprint density at radius 2 is 1.97 bits per heavy atom. The van der Waals surface area contributed by atoms with E-state index in [0.717, 1.165) is 31.6 Å². The molecule has 0 saturated heterocycles. The lowest BCUT2D eigenvalue weighted by atomic mass is 10.00. The van der Waals surface area contributed by atoms with E-state index in [2.05, 4.69) is 49.6 Å². The lowest BCUT2D eigenvalue weighted by Gasteiger charge is -2.16. The summed E-state index contributed by atoms with van der Waals surface area (Å²) in [5.74, 6) is 1.68. The maximum atomic E-state index is 11.7. The molecule has 1 saturated carbocycles. The molecule has 2 N–H and O–H groups in total. The number of ether oxygens (including phenoxy) is 2. The molecule has 1 fully saturated rings. The van der Waals surface area contributed by atoms with E-state index in [1.54, 1.807) is 0 Å². The molecule has 1 heterocycles. The van der Waals surface area contributed by atoms with E-state index < -0.39 is 0 Å². The fraction of sp³-hybridized carbons (Fsp3) is 0.458. The summed E-state index contributed by atoms with van der Waals surface area (Å²) in [6.45, 7) is 7.27. The van der Waals surface area contributed by atoms with Crippen molar-refractivity contribution >= 4 is 5.91 Å². The Balaban J connectivity index is 1.26. The molecule has 5 heteroatoms. The molecule has 1 atom stereocenters. The Kier molecular flexibility index (Phi) is 5.50. The molecule has 0 aromatic heterocycles. The predicted octanol–water partition coefficient (Wildman–Crippen LogP) is 3.91. The normalized spacial score (nSPS) is 17.9. The third-order valence-electron chi connectivity index (χ3n) is 5.43. The minimum atomic E-state index is -0.107. The van der Waals surface area contributed by atoms with Gasteiger partial charge in [-0.1, -0.05) is 24.3 Å². The highest BCUT2D eigenvalue weighted by atomic mass is 16.5. The van der Waals surface area contributed by atoms with Gasteiger partial charge in [0.2, 0.25) is 0 Å². The summed E-state index contributed by atoms with van der Waals surface area (Å²) in [5, 5.41) is 6.50. The van der Waals surface area contributed by atoms with Gasteiger partial charge in [0.25, 0.3) is 5.91 Å². The molecule has 1 aliphatic heterocycles. The maximum Gasteiger partial charge on any atom is 0.258 e. The Hall–Kier alpha value is -2.53. The van der Waals surface area contributed by atoms with E-state index in [1.807, 2.05) is 24.3 Å². The number of carbonyl (C=O) groups excluding carboxylic acids is 1. The highest BCUT2D eigenvalue weighted by Crippen LogP contribution is 2.35. The number of rotatable bonds is 8. The van der Waals surface area contributed by atoms with Gasteiger partial charge in [-0.05, 0) is 68.5 Å². The summed E-state index contributed by atoms with van der Waals surface area (Å²) in [6, 6.07) is 15.0. The lowest BCUT2D eigenvalue weighted by molar-refractivity contribution is -0.123. The number of amides is 1. The van der Waals surface area contributed by atoms with E-state index in [1.165, 1.54) is 16.7 Å². The van der Waals surface area contributed by atoms with Crippen LogP contribution in [0.15, 0.2) is 42.5 Å². The van der Waals surface area contributed by atoms with Crippen molar-refractivity contribution in [3.05, 3.63) is 59.2 Å². The molecule has 2 aromatic rings. The second-order valence-electron chi connectivity index (χ2n) is 8.78. The molecule has 4 rings (SSSR count). The second kappa shape index (κ2) is 8.07. The van der Waals surface area contributed by atoms with Crippen LogP contribution < -0.4 is 20.1 Å². The van der Waals surface area contributed by atoms with Gasteiger partial charge in [0.15, 0.2) is 6.61 Å². The maximum absolute atomic E-state index is 11.7. The first kappa shape index (κ1) is 19.8. The van der Waals surface area contributed by atoms with Crippen molar-refractivity contribution in [3.63, 3.8) is 0 Å². The second-order valence-corrected chi connectivity index (χ2v) is 8.78. The number of carbonyl (C=O) groups is 1. The number of hydrogen-bond donors (Lipinski definition) is 2. The zero-order valence-electron chi connectivity index (χ0n) is 17.5. The van der Waals surface area contributed by atoms with Crippen LogP contribution in [0.1, 0.15) is 56.3 Å². The van der Waals surface area contributed by atoms with Crippen LogP contribution in [-0.2, 0) is 17.8 Å². The van der Waals surface area contributed by atoms with Crippen LogP contribution in [0.5, 0.6) is 11.5 Å². The summed E-state index contributed by atoms with van der Waals surface area (Å²) in [5.41, 5.74) is 3.63. The summed E-state index contributed by atoms with van der Waals surface area (Å²) < 4.78 is 11.5. The third kappa shape index (κ3) is 5.30. The molecule has 1 unspecified atom stereocenters. The smallest absolute Gasteiger partial charge is 0.258 e. The predicted molar refractivity (Wildman–Crippen MR) is 113 cm³/mol. The van der Waals surface area contributed by atoms with E-state index in [0.29, 0.717) is 11.8 Å². The fourth-order valence-corrected chi connectivity index (χ4v) is 3.66. The van der Waals surface area contributed by atoms with Gasteiger partial charge in [-0.25, -0.2) is 0 Å². The van der Waals surface area contributed by atoms with Gasteiger partial charge in [0.1, 0.15) is 17.1 Å². The van der Waals surface area contributed by atoms with Crippen LogP contribution in [0.2, 0.25) is 0 Å². The number of benzene rings is 2. The number of fused-ring (bicyclic) bond motifs is 1. The first-order valence-corrected chi connectivity index (χ1v) is 10.4. The van der Waals surface area contributed by atoms with Crippen LogP contribution in [0.25, 0.3) is 0 Å². The fourth-order valence-electron chi connectivity index (χ4n) is 3.66. The molecule has 2 aromatic carbocycles. The van der Waals surface area contributed by atoms with Crippen molar-refractivity contribution in [2.75, 3.05) is 6.61 Å². The van der Waals surface area contributed by atoms with E-state index >= 15 is 0 Å². The van der Waals surface area contributed by atoms with Crippen LogP contribution >= 0.6 is 0 Å². The van der Waals surface area contributed by atoms with Gasteiger partial charge < -0.3 is 20.1 Å². The highest BCUT2D eigenvalue weighted by molar-refractivity contribution is 5.78. The lowest BCUT2D eigenvalue weighted by Crippen LogP contribution is -2.30. The molecule has 29 heavy (non-hydrogen) atoms. The molecule has 0 spiro atoms. The summed E-state index contributed by atoms with van der Waals surface area (Å²) in [6.07, 6.45) is 3.12. The van der Waals surface area contributed by atoms with Crippen LogP contribution in [-0.4, -0.2) is 24.2 Å². The highest BCUT2D eigenvalue weighted by Gasteiger charge is 2.29. The first-order valence-electron chi connectivity index (χ1n) is 10.4. The largest absolute Gasteiger partial charge is 0.487 e. The summed E-state index contributed by atoms with van der Waals surface area (Å²) in [4.78, 5) is 11.7. The Morgan fingerprint density at radius 3 is 2.69 bits per heavy atom. The molecule has 2 aliphatic rings. The first-order chi connectivity index (χ1) is 13.9.